The van der Waals surface area contributed by atoms with Crippen LogP contribution in [0.15, 0.2) is 60.8 Å². The van der Waals surface area contributed by atoms with Gasteiger partial charge in [0.15, 0.2) is 6.29 Å². The molecule has 1 aliphatic rings. The first-order valence-corrected chi connectivity index (χ1v) is 27.5. The molecule has 7 atom stereocenters. The molecule has 0 aromatic carbocycles. The molecule has 1 saturated heterocycles. The zero-order valence-corrected chi connectivity index (χ0v) is 42.4. The third kappa shape index (κ3) is 36.0. The summed E-state index contributed by atoms with van der Waals surface area (Å²) in [7, 11) is 0. The SMILES string of the molecule is CCCCCCCC/C=C/CC/C=C/CC/C=C/C(O)C(COC1OC(CO)C(O)C(O)C1O)NC(=O)CCCCCCCCCCCCC/C=C\C/C=C\CCCCCCCCCCC. The van der Waals surface area contributed by atoms with Crippen molar-refractivity contribution in [3.05, 3.63) is 60.8 Å². The number of rotatable bonds is 46. The maximum absolute atomic E-state index is 13.0. The van der Waals surface area contributed by atoms with Crippen molar-refractivity contribution in [3.8, 4) is 0 Å². The number of amides is 1. The minimum atomic E-state index is -1.58. The summed E-state index contributed by atoms with van der Waals surface area (Å²) in [6.45, 7) is 3.75. The Balaban J connectivity index is 2.25. The summed E-state index contributed by atoms with van der Waals surface area (Å²) in [5, 5.41) is 54.4. The van der Waals surface area contributed by atoms with Gasteiger partial charge in [0.2, 0.25) is 5.91 Å². The number of hydrogen-bond donors (Lipinski definition) is 6. The number of nitrogens with one attached hydrogen (secondary N) is 1. The minimum Gasteiger partial charge on any atom is -0.394 e. The van der Waals surface area contributed by atoms with E-state index in [4.69, 9.17) is 9.47 Å². The van der Waals surface area contributed by atoms with E-state index in [9.17, 15) is 30.3 Å². The number of aliphatic hydroxyl groups excluding tert-OH is 5. The van der Waals surface area contributed by atoms with E-state index < -0.39 is 49.5 Å². The average molecular weight is 930 g/mol. The van der Waals surface area contributed by atoms with Crippen LogP contribution in [0.2, 0.25) is 0 Å². The molecular formula is C57H103NO8. The number of carbonyl (C=O) groups excluding carboxylic acids is 1. The first-order valence-electron chi connectivity index (χ1n) is 27.5. The van der Waals surface area contributed by atoms with Gasteiger partial charge in [-0.3, -0.25) is 4.79 Å². The maximum Gasteiger partial charge on any atom is 0.220 e. The van der Waals surface area contributed by atoms with Crippen LogP contribution in [0.4, 0.5) is 0 Å². The predicted octanol–water partition coefficient (Wildman–Crippen LogP) is 13.1. The smallest absolute Gasteiger partial charge is 0.220 e. The van der Waals surface area contributed by atoms with Crippen LogP contribution in [-0.4, -0.2) is 87.5 Å². The standard InChI is InChI=1S/C57H103NO8/c1-3-5-7-9-11-13-15-17-19-21-22-23-24-25-26-27-28-29-30-31-33-35-37-39-41-43-45-47-53(61)58-50(49-65-57-56(64)55(63)54(62)52(48-59)66-57)51(60)46-44-42-40-38-36-34-32-20-18-16-14-12-10-8-6-4-2/h18,20,22-23,25-26,36,38,44,46,50-52,54-57,59-60,62-64H,3-17,19,21,24,27-35,37,39-43,45,47-49H2,1-2H3,(H,58,61)/b20-18+,23-22-,26-25-,38-36+,46-44+. The lowest BCUT2D eigenvalue weighted by Crippen LogP contribution is -2.60. The summed E-state index contributed by atoms with van der Waals surface area (Å²) in [6, 6.07) is -0.831. The normalized spacial score (nSPS) is 20.3. The summed E-state index contributed by atoms with van der Waals surface area (Å²) in [5.41, 5.74) is 0. The highest BCUT2D eigenvalue weighted by Crippen LogP contribution is 2.23. The highest BCUT2D eigenvalue weighted by Gasteiger charge is 2.44. The second-order valence-electron chi connectivity index (χ2n) is 19.0. The summed E-state index contributed by atoms with van der Waals surface area (Å²) < 4.78 is 11.2. The average Bonchev–Trinajstić information content (AvgIpc) is 3.32. The van der Waals surface area contributed by atoms with Crippen LogP contribution in [-0.2, 0) is 14.3 Å². The molecule has 0 spiro atoms. The predicted molar refractivity (Wildman–Crippen MR) is 276 cm³/mol. The number of allylic oxidation sites excluding steroid dienone is 9. The Labute approximate surface area is 405 Å². The Kier molecular flexibility index (Phi) is 43.7. The van der Waals surface area contributed by atoms with Crippen LogP contribution < -0.4 is 5.32 Å². The van der Waals surface area contributed by atoms with Crippen molar-refractivity contribution in [2.45, 2.75) is 281 Å². The highest BCUT2D eigenvalue weighted by molar-refractivity contribution is 5.76. The van der Waals surface area contributed by atoms with Gasteiger partial charge >= 0.3 is 0 Å². The zero-order chi connectivity index (χ0) is 48.0. The molecule has 9 heteroatoms. The molecule has 1 aliphatic heterocycles. The molecule has 0 saturated carbocycles. The first-order chi connectivity index (χ1) is 32.3. The molecule has 1 amide bonds. The molecule has 0 aliphatic carbocycles. The number of ether oxygens (including phenoxy) is 2. The maximum atomic E-state index is 13.0. The summed E-state index contributed by atoms with van der Waals surface area (Å²) in [4.78, 5) is 13.0. The van der Waals surface area contributed by atoms with Gasteiger partial charge in [0.25, 0.3) is 0 Å². The monoisotopic (exact) mass is 930 g/mol. The van der Waals surface area contributed by atoms with E-state index in [1.165, 1.54) is 161 Å². The molecule has 1 heterocycles. The topological polar surface area (TPSA) is 149 Å². The second-order valence-corrected chi connectivity index (χ2v) is 19.0. The Hall–Kier alpha value is -2.11. The summed E-state index contributed by atoms with van der Waals surface area (Å²) >= 11 is 0. The Morgan fingerprint density at radius 3 is 1.36 bits per heavy atom. The Morgan fingerprint density at radius 2 is 0.909 bits per heavy atom. The molecule has 66 heavy (non-hydrogen) atoms. The summed E-state index contributed by atoms with van der Waals surface area (Å²) in [6.07, 6.45) is 55.7. The molecule has 384 valence electrons. The van der Waals surface area contributed by atoms with E-state index in [1.807, 2.05) is 6.08 Å². The van der Waals surface area contributed by atoms with Gasteiger partial charge in [-0.25, -0.2) is 0 Å². The van der Waals surface area contributed by atoms with Crippen molar-refractivity contribution in [1.29, 1.82) is 0 Å². The van der Waals surface area contributed by atoms with Crippen molar-refractivity contribution in [1.82, 2.24) is 5.32 Å². The van der Waals surface area contributed by atoms with Crippen LogP contribution in [0.1, 0.15) is 239 Å². The molecule has 6 N–H and O–H groups in total. The second kappa shape index (κ2) is 46.6. The van der Waals surface area contributed by atoms with Gasteiger partial charge in [-0.1, -0.05) is 216 Å². The fourth-order valence-corrected chi connectivity index (χ4v) is 8.40. The van der Waals surface area contributed by atoms with Gasteiger partial charge in [-0.15, -0.1) is 0 Å². The van der Waals surface area contributed by atoms with Crippen LogP contribution in [0.25, 0.3) is 0 Å². The van der Waals surface area contributed by atoms with Gasteiger partial charge in [0, 0.05) is 6.42 Å². The van der Waals surface area contributed by atoms with Crippen LogP contribution in [0.5, 0.6) is 0 Å². The van der Waals surface area contributed by atoms with Crippen molar-refractivity contribution in [2.75, 3.05) is 13.2 Å². The Morgan fingerprint density at radius 1 is 0.515 bits per heavy atom. The highest BCUT2D eigenvalue weighted by atomic mass is 16.7. The lowest BCUT2D eigenvalue weighted by atomic mass is 9.99. The number of carbonyl (C=O) groups is 1. The van der Waals surface area contributed by atoms with Crippen LogP contribution in [0, 0.1) is 0 Å². The molecule has 0 radical (unpaired) electrons. The van der Waals surface area contributed by atoms with E-state index >= 15 is 0 Å². The van der Waals surface area contributed by atoms with Crippen molar-refractivity contribution in [2.24, 2.45) is 0 Å². The van der Waals surface area contributed by atoms with E-state index in [0.29, 0.717) is 6.42 Å². The van der Waals surface area contributed by atoms with Crippen LogP contribution in [0.3, 0.4) is 0 Å². The van der Waals surface area contributed by atoms with E-state index in [1.54, 1.807) is 6.08 Å². The van der Waals surface area contributed by atoms with E-state index in [-0.39, 0.29) is 12.5 Å². The zero-order valence-electron chi connectivity index (χ0n) is 42.4. The quantitative estimate of drug-likeness (QED) is 0.0261. The number of aliphatic hydroxyl groups is 5. The fourth-order valence-electron chi connectivity index (χ4n) is 8.40. The molecule has 7 unspecified atom stereocenters. The van der Waals surface area contributed by atoms with Gasteiger partial charge < -0.3 is 40.3 Å². The molecule has 0 aromatic heterocycles. The van der Waals surface area contributed by atoms with E-state index in [0.717, 1.165) is 57.8 Å². The molecule has 9 nitrogen and oxygen atoms in total. The molecule has 1 rings (SSSR count). The van der Waals surface area contributed by atoms with Crippen molar-refractivity contribution >= 4 is 5.91 Å². The third-order valence-corrected chi connectivity index (χ3v) is 12.8. The summed E-state index contributed by atoms with van der Waals surface area (Å²) in [5.74, 6) is -0.194. The van der Waals surface area contributed by atoms with Gasteiger partial charge in [-0.2, -0.15) is 0 Å². The molecular weight excluding hydrogens is 827 g/mol. The lowest BCUT2D eigenvalue weighted by molar-refractivity contribution is -0.302. The van der Waals surface area contributed by atoms with Gasteiger partial charge in [-0.05, 0) is 77.0 Å². The fraction of sp³-hybridized carbons (Fsp3) is 0.807. The largest absolute Gasteiger partial charge is 0.394 e. The number of unbranched alkanes of at least 4 members (excludes halogenated alkanes) is 28. The van der Waals surface area contributed by atoms with Crippen LogP contribution >= 0.6 is 0 Å². The molecule has 0 bridgehead atoms. The number of hydrogen-bond acceptors (Lipinski definition) is 8. The molecule has 0 aromatic rings. The van der Waals surface area contributed by atoms with Crippen molar-refractivity contribution in [3.63, 3.8) is 0 Å². The third-order valence-electron chi connectivity index (χ3n) is 12.8. The molecule has 1 fully saturated rings. The Bertz CT molecular complexity index is 1220. The van der Waals surface area contributed by atoms with Crippen molar-refractivity contribution < 1.29 is 39.8 Å². The van der Waals surface area contributed by atoms with E-state index in [2.05, 4.69) is 67.8 Å². The van der Waals surface area contributed by atoms with Gasteiger partial charge in [0.05, 0.1) is 25.4 Å². The van der Waals surface area contributed by atoms with Gasteiger partial charge in [0.1, 0.15) is 24.4 Å². The first kappa shape index (κ1) is 61.9. The lowest BCUT2D eigenvalue weighted by Gasteiger charge is -2.40. The minimum absolute atomic E-state index is 0.194.